The summed E-state index contributed by atoms with van der Waals surface area (Å²) in [6, 6.07) is 2.85. The van der Waals surface area contributed by atoms with Gasteiger partial charge in [-0.05, 0) is 43.5 Å². The van der Waals surface area contributed by atoms with Crippen molar-refractivity contribution < 1.29 is 26.9 Å². The number of anilines is 2. The van der Waals surface area contributed by atoms with Crippen LogP contribution in [0.2, 0.25) is 0 Å². The summed E-state index contributed by atoms with van der Waals surface area (Å²) in [4.78, 5) is 31.0. The highest BCUT2D eigenvalue weighted by Crippen LogP contribution is 2.31. The predicted octanol–water partition coefficient (Wildman–Crippen LogP) is 3.14. The number of carbonyl (C=O) groups is 1. The quantitative estimate of drug-likeness (QED) is 0.445. The number of halogens is 4. The lowest BCUT2D eigenvalue weighted by Crippen LogP contribution is -2.47. The van der Waals surface area contributed by atoms with E-state index in [-0.39, 0.29) is 23.5 Å². The molecule has 39 heavy (non-hydrogen) atoms. The maximum atomic E-state index is 14.3. The largest absolute Gasteiger partial charge is 0.339 e. The monoisotopic (exact) mass is 548 g/mol. The number of amides is 1. The second-order valence-electron chi connectivity index (χ2n) is 9.66. The first-order valence-corrected chi connectivity index (χ1v) is 12.7. The van der Waals surface area contributed by atoms with Crippen molar-refractivity contribution in [3.8, 4) is 0 Å². The van der Waals surface area contributed by atoms with E-state index < -0.39 is 35.8 Å². The SMILES string of the molecule is CCN(C(=O)c1cnc(N2C[C@H](c3cc(F)ccc3F)[C@@H](N)C2)nc1)C1CCN(c2nc(C(F)F)no2)CC1. The fourth-order valence-corrected chi connectivity index (χ4v) is 5.26. The standard InChI is InChI=1S/C25H28F4N8O2/c1-2-37(16-5-7-35(8-6-16)25-33-22(21(28)29)34-39-25)23(38)14-10-31-24(32-11-14)36-12-18(20(30)13-36)17-9-15(26)3-4-19(17)27/h3-4,9-11,16,18,20-21H,2,5-8,12-13,30H2,1H3/t18-,20+/m1/s1. The van der Waals surface area contributed by atoms with Gasteiger partial charge in [0.25, 0.3) is 5.91 Å². The molecule has 2 atom stereocenters. The molecule has 2 fully saturated rings. The van der Waals surface area contributed by atoms with E-state index in [0.29, 0.717) is 57.1 Å². The molecule has 0 spiro atoms. The van der Waals surface area contributed by atoms with Crippen molar-refractivity contribution in [2.24, 2.45) is 5.73 Å². The Kier molecular flexibility index (Phi) is 7.64. The van der Waals surface area contributed by atoms with Crippen LogP contribution in [0.15, 0.2) is 35.1 Å². The molecule has 0 bridgehead atoms. The number of alkyl halides is 2. The lowest BCUT2D eigenvalue weighted by atomic mass is 9.94. The zero-order chi connectivity index (χ0) is 27.7. The Bertz CT molecular complexity index is 1300. The Hall–Kier alpha value is -3.81. The number of carbonyl (C=O) groups excluding carboxylic acids is 1. The summed E-state index contributed by atoms with van der Waals surface area (Å²) in [5, 5.41) is 3.30. The third-order valence-corrected chi connectivity index (χ3v) is 7.29. The molecule has 4 heterocycles. The molecule has 1 aromatic carbocycles. The van der Waals surface area contributed by atoms with Gasteiger partial charge in [0.05, 0.1) is 5.56 Å². The molecule has 2 aliphatic rings. The van der Waals surface area contributed by atoms with Gasteiger partial charge in [0.2, 0.25) is 11.8 Å². The third-order valence-electron chi connectivity index (χ3n) is 7.29. The van der Waals surface area contributed by atoms with Crippen molar-refractivity contribution in [2.45, 2.75) is 44.2 Å². The van der Waals surface area contributed by atoms with Gasteiger partial charge >= 0.3 is 12.4 Å². The van der Waals surface area contributed by atoms with Gasteiger partial charge in [-0.25, -0.2) is 27.5 Å². The van der Waals surface area contributed by atoms with Crippen LogP contribution in [0, 0.1) is 11.6 Å². The van der Waals surface area contributed by atoms with E-state index in [1.165, 1.54) is 18.5 Å². The summed E-state index contributed by atoms with van der Waals surface area (Å²) in [6.45, 7) is 3.95. The molecule has 208 valence electrons. The van der Waals surface area contributed by atoms with Gasteiger partial charge in [0, 0.05) is 63.1 Å². The lowest BCUT2D eigenvalue weighted by Gasteiger charge is -2.37. The molecule has 0 radical (unpaired) electrons. The Balaban J connectivity index is 1.21. The highest BCUT2D eigenvalue weighted by molar-refractivity contribution is 5.94. The van der Waals surface area contributed by atoms with Crippen LogP contribution in [0.1, 0.15) is 53.9 Å². The summed E-state index contributed by atoms with van der Waals surface area (Å²) < 4.78 is 58.5. The second kappa shape index (κ2) is 11.1. The van der Waals surface area contributed by atoms with E-state index >= 15 is 0 Å². The van der Waals surface area contributed by atoms with E-state index in [1.54, 1.807) is 14.7 Å². The smallest absolute Gasteiger partial charge is 0.324 e. The molecule has 2 N–H and O–H groups in total. The fourth-order valence-electron chi connectivity index (χ4n) is 5.26. The predicted molar refractivity (Wildman–Crippen MR) is 133 cm³/mol. The molecule has 0 aliphatic carbocycles. The van der Waals surface area contributed by atoms with Crippen LogP contribution >= 0.6 is 0 Å². The number of aromatic nitrogens is 4. The van der Waals surface area contributed by atoms with Crippen LogP contribution in [-0.4, -0.2) is 75.7 Å². The molecule has 0 unspecified atom stereocenters. The zero-order valence-electron chi connectivity index (χ0n) is 21.2. The van der Waals surface area contributed by atoms with Crippen molar-refractivity contribution in [3.05, 3.63) is 59.2 Å². The number of hydrogen-bond acceptors (Lipinski definition) is 9. The Morgan fingerprint density at radius 1 is 1.15 bits per heavy atom. The summed E-state index contributed by atoms with van der Waals surface area (Å²) >= 11 is 0. The average Bonchev–Trinajstić information content (AvgIpc) is 3.59. The molecule has 2 saturated heterocycles. The van der Waals surface area contributed by atoms with E-state index in [2.05, 4.69) is 20.1 Å². The summed E-state index contributed by atoms with van der Waals surface area (Å²) in [7, 11) is 0. The molecule has 0 saturated carbocycles. The summed E-state index contributed by atoms with van der Waals surface area (Å²) in [6.07, 6.45) is 1.29. The molecule has 10 nitrogen and oxygen atoms in total. The molecule has 3 aromatic rings. The molecule has 2 aliphatic heterocycles. The number of benzene rings is 1. The first kappa shape index (κ1) is 26.8. The third kappa shape index (κ3) is 5.51. The second-order valence-corrected chi connectivity index (χ2v) is 9.66. The van der Waals surface area contributed by atoms with Gasteiger partial charge in [-0.15, -0.1) is 0 Å². The fraction of sp³-hybridized carbons (Fsp3) is 0.480. The van der Waals surface area contributed by atoms with Gasteiger partial charge in [0.1, 0.15) is 11.6 Å². The van der Waals surface area contributed by atoms with Crippen LogP contribution in [0.4, 0.5) is 29.5 Å². The maximum absolute atomic E-state index is 14.3. The minimum atomic E-state index is -2.80. The number of nitrogens with two attached hydrogens (primary N) is 1. The maximum Gasteiger partial charge on any atom is 0.324 e. The minimum absolute atomic E-state index is 0.0473. The van der Waals surface area contributed by atoms with Gasteiger partial charge < -0.3 is 25.0 Å². The van der Waals surface area contributed by atoms with Crippen LogP contribution < -0.4 is 15.5 Å². The van der Waals surface area contributed by atoms with E-state index in [4.69, 9.17) is 10.3 Å². The van der Waals surface area contributed by atoms with Crippen LogP contribution in [0.25, 0.3) is 0 Å². The van der Waals surface area contributed by atoms with Crippen molar-refractivity contribution in [2.75, 3.05) is 42.5 Å². The van der Waals surface area contributed by atoms with Gasteiger partial charge in [-0.1, -0.05) is 5.16 Å². The number of hydrogen-bond donors (Lipinski definition) is 1. The summed E-state index contributed by atoms with van der Waals surface area (Å²) in [5.74, 6) is -1.99. The highest BCUT2D eigenvalue weighted by Gasteiger charge is 2.35. The Morgan fingerprint density at radius 2 is 1.87 bits per heavy atom. The molecule has 14 heteroatoms. The zero-order valence-corrected chi connectivity index (χ0v) is 21.2. The normalized spacial score (nSPS) is 20.2. The van der Waals surface area contributed by atoms with E-state index in [0.717, 1.165) is 12.1 Å². The lowest BCUT2D eigenvalue weighted by molar-refractivity contribution is 0.0661. The Morgan fingerprint density at radius 3 is 2.51 bits per heavy atom. The van der Waals surface area contributed by atoms with Crippen molar-refractivity contribution in [3.63, 3.8) is 0 Å². The molecule has 2 aromatic heterocycles. The van der Waals surface area contributed by atoms with E-state index in [9.17, 15) is 22.4 Å². The van der Waals surface area contributed by atoms with Crippen LogP contribution in [0.5, 0.6) is 0 Å². The first-order chi connectivity index (χ1) is 18.7. The van der Waals surface area contributed by atoms with E-state index in [1.807, 2.05) is 6.92 Å². The van der Waals surface area contributed by atoms with Crippen LogP contribution in [-0.2, 0) is 0 Å². The van der Waals surface area contributed by atoms with Gasteiger partial charge in [-0.3, -0.25) is 4.79 Å². The number of nitrogens with zero attached hydrogens (tertiary/aromatic N) is 7. The average molecular weight is 549 g/mol. The summed E-state index contributed by atoms with van der Waals surface area (Å²) in [5.41, 5.74) is 6.78. The van der Waals surface area contributed by atoms with Gasteiger partial charge in [0.15, 0.2) is 0 Å². The first-order valence-electron chi connectivity index (χ1n) is 12.7. The number of piperidine rings is 1. The highest BCUT2D eigenvalue weighted by atomic mass is 19.3. The van der Waals surface area contributed by atoms with Crippen LogP contribution in [0.3, 0.4) is 0 Å². The molecular formula is C25H28F4N8O2. The van der Waals surface area contributed by atoms with Crippen molar-refractivity contribution in [1.82, 2.24) is 25.0 Å². The minimum Gasteiger partial charge on any atom is -0.339 e. The molecular weight excluding hydrogens is 520 g/mol. The van der Waals surface area contributed by atoms with Gasteiger partial charge in [-0.2, -0.15) is 4.98 Å². The topological polar surface area (TPSA) is 118 Å². The number of rotatable bonds is 7. The molecule has 1 amide bonds. The van der Waals surface area contributed by atoms with Crippen molar-refractivity contribution in [1.29, 1.82) is 0 Å². The molecule has 5 rings (SSSR count). The van der Waals surface area contributed by atoms with Crippen molar-refractivity contribution >= 4 is 17.9 Å². The Labute approximate surface area is 221 Å².